The van der Waals surface area contributed by atoms with E-state index in [1.807, 2.05) is 0 Å². The van der Waals surface area contributed by atoms with Crippen molar-refractivity contribution < 1.29 is 12.3 Å². The number of hydrogen-bond acceptors (Lipinski definition) is 3. The standard InChI is InChI=1S/C16H44O3Si5/c1-13-14-21(5,6)18-22(7,8)15-16-23(9,10)19-24(11,12)17-20(2,3)4/h13-16H2,1-12H3. The zero-order valence-corrected chi connectivity index (χ0v) is 23.6. The van der Waals surface area contributed by atoms with Gasteiger partial charge >= 0.3 is 8.56 Å². The predicted octanol–water partition coefficient (Wildman–Crippen LogP) is 6.60. The van der Waals surface area contributed by atoms with Gasteiger partial charge in [0, 0.05) is 0 Å². The van der Waals surface area contributed by atoms with Crippen LogP contribution >= 0.6 is 0 Å². The van der Waals surface area contributed by atoms with E-state index in [1.165, 1.54) is 24.6 Å². The lowest BCUT2D eigenvalue weighted by Gasteiger charge is -2.39. The molecule has 0 fully saturated rings. The van der Waals surface area contributed by atoms with Crippen LogP contribution in [-0.4, -0.2) is 41.8 Å². The van der Waals surface area contributed by atoms with Crippen molar-refractivity contribution in [2.24, 2.45) is 0 Å². The summed E-state index contributed by atoms with van der Waals surface area (Å²) in [5.41, 5.74) is 0. The molecule has 0 aromatic carbocycles. The van der Waals surface area contributed by atoms with E-state index in [2.05, 4.69) is 78.9 Å². The first-order valence-corrected chi connectivity index (χ1v) is 25.1. The van der Waals surface area contributed by atoms with Crippen molar-refractivity contribution >= 4 is 41.8 Å². The highest BCUT2D eigenvalue weighted by atomic mass is 28.5. The summed E-state index contributed by atoms with van der Waals surface area (Å²) < 4.78 is 19.7. The van der Waals surface area contributed by atoms with Gasteiger partial charge < -0.3 is 12.3 Å². The molecule has 0 aliphatic rings. The zero-order valence-electron chi connectivity index (χ0n) is 18.6. The summed E-state index contributed by atoms with van der Waals surface area (Å²) in [7, 11) is -8.38. The maximum absolute atomic E-state index is 6.70. The Kier molecular flexibility index (Phi) is 9.12. The van der Waals surface area contributed by atoms with E-state index in [1.54, 1.807) is 0 Å². The van der Waals surface area contributed by atoms with E-state index in [0.717, 1.165) is 0 Å². The van der Waals surface area contributed by atoms with Crippen molar-refractivity contribution in [3.8, 4) is 0 Å². The highest BCUT2D eigenvalue weighted by Gasteiger charge is 2.40. The van der Waals surface area contributed by atoms with Gasteiger partial charge in [0.15, 0.2) is 33.3 Å². The molecule has 0 unspecified atom stereocenters. The lowest BCUT2D eigenvalue weighted by Crippen LogP contribution is -2.52. The third-order valence-corrected chi connectivity index (χ3v) is 21.9. The van der Waals surface area contributed by atoms with Gasteiger partial charge in [-0.25, -0.2) is 0 Å². The summed E-state index contributed by atoms with van der Waals surface area (Å²) in [5.74, 6) is 0. The molecule has 0 aromatic rings. The van der Waals surface area contributed by atoms with Gasteiger partial charge in [-0.05, 0) is 90.1 Å². The monoisotopic (exact) mass is 424 g/mol. The molecule has 0 aliphatic heterocycles. The van der Waals surface area contributed by atoms with E-state index in [9.17, 15) is 0 Å². The second-order valence-corrected chi connectivity index (χ2v) is 31.9. The molecule has 0 radical (unpaired) electrons. The first-order chi connectivity index (χ1) is 10.4. The fourth-order valence-electron chi connectivity index (χ4n) is 3.53. The average Bonchev–Trinajstić information content (AvgIpc) is 2.19. The molecular weight excluding hydrogens is 381 g/mol. The van der Waals surface area contributed by atoms with E-state index in [4.69, 9.17) is 12.3 Å². The smallest absolute Gasteiger partial charge is 0.311 e. The normalized spacial score (nSPS) is 15.0. The number of rotatable bonds is 11. The van der Waals surface area contributed by atoms with Crippen molar-refractivity contribution in [1.29, 1.82) is 0 Å². The van der Waals surface area contributed by atoms with Crippen LogP contribution in [0, 0.1) is 0 Å². The van der Waals surface area contributed by atoms with Gasteiger partial charge in [0.1, 0.15) is 0 Å². The molecule has 0 saturated heterocycles. The lowest BCUT2D eigenvalue weighted by atomic mass is 10.6. The molecule has 0 aromatic heterocycles. The van der Waals surface area contributed by atoms with Crippen molar-refractivity contribution in [3.63, 3.8) is 0 Å². The molecule has 0 rings (SSSR count). The minimum absolute atomic E-state index is 1.19. The van der Waals surface area contributed by atoms with Crippen LogP contribution in [0.3, 0.4) is 0 Å². The van der Waals surface area contributed by atoms with Crippen molar-refractivity contribution in [1.82, 2.24) is 0 Å². The second kappa shape index (κ2) is 8.77. The Hall–Kier alpha value is 0.964. The van der Waals surface area contributed by atoms with E-state index in [-0.39, 0.29) is 0 Å². The van der Waals surface area contributed by atoms with E-state index >= 15 is 0 Å². The molecule has 0 spiro atoms. The summed E-state index contributed by atoms with van der Waals surface area (Å²) in [6, 6.07) is 3.67. The van der Waals surface area contributed by atoms with Crippen molar-refractivity contribution in [2.45, 2.75) is 103 Å². The number of hydrogen-bond donors (Lipinski definition) is 0. The Bertz CT molecular complexity index is 390. The van der Waals surface area contributed by atoms with Gasteiger partial charge in [-0.1, -0.05) is 13.3 Å². The van der Waals surface area contributed by atoms with E-state index < -0.39 is 41.8 Å². The molecular formula is C16H44O3Si5. The summed E-state index contributed by atoms with van der Waals surface area (Å²) in [4.78, 5) is 0. The molecule has 3 nitrogen and oxygen atoms in total. The molecule has 8 heteroatoms. The quantitative estimate of drug-likeness (QED) is 0.350. The molecule has 146 valence electrons. The Morgan fingerprint density at radius 1 is 0.500 bits per heavy atom. The molecule has 24 heavy (non-hydrogen) atoms. The minimum atomic E-state index is -2.02. The fourth-order valence-corrected chi connectivity index (χ4v) is 28.5. The Morgan fingerprint density at radius 3 is 1.25 bits per heavy atom. The summed E-state index contributed by atoms with van der Waals surface area (Å²) >= 11 is 0. The maximum Gasteiger partial charge on any atom is 0.311 e. The molecule has 0 saturated carbocycles. The van der Waals surface area contributed by atoms with Crippen molar-refractivity contribution in [3.05, 3.63) is 0 Å². The highest BCUT2D eigenvalue weighted by molar-refractivity contribution is 6.89. The van der Waals surface area contributed by atoms with Crippen LogP contribution in [0.2, 0.25) is 90.1 Å². The third kappa shape index (κ3) is 12.3. The molecule has 0 bridgehead atoms. The summed E-state index contributed by atoms with van der Waals surface area (Å²) in [5, 5.41) is 0. The van der Waals surface area contributed by atoms with Crippen LogP contribution in [0.5, 0.6) is 0 Å². The van der Waals surface area contributed by atoms with Crippen LogP contribution < -0.4 is 0 Å². The first-order valence-electron chi connectivity index (χ1n) is 9.49. The van der Waals surface area contributed by atoms with Gasteiger partial charge in [-0.15, -0.1) is 0 Å². The average molecular weight is 425 g/mol. The molecule has 0 amide bonds. The van der Waals surface area contributed by atoms with Gasteiger partial charge in [-0.2, -0.15) is 0 Å². The second-order valence-electron chi connectivity index (χ2n) is 10.3. The third-order valence-electron chi connectivity index (χ3n) is 3.81. The van der Waals surface area contributed by atoms with Crippen LogP contribution in [0.25, 0.3) is 0 Å². The lowest BCUT2D eigenvalue weighted by molar-refractivity contribution is 0.392. The topological polar surface area (TPSA) is 27.7 Å². The molecule has 0 aliphatic carbocycles. The van der Waals surface area contributed by atoms with Crippen LogP contribution in [0.15, 0.2) is 0 Å². The maximum atomic E-state index is 6.70. The Morgan fingerprint density at radius 2 is 0.875 bits per heavy atom. The minimum Gasteiger partial charge on any atom is -0.456 e. The van der Waals surface area contributed by atoms with Gasteiger partial charge in [-0.3, -0.25) is 0 Å². The first kappa shape index (κ1) is 25.0. The molecule has 0 atom stereocenters. The van der Waals surface area contributed by atoms with Gasteiger partial charge in [0.25, 0.3) is 0 Å². The predicted molar refractivity (Wildman–Crippen MR) is 121 cm³/mol. The van der Waals surface area contributed by atoms with Gasteiger partial charge in [0.2, 0.25) is 0 Å². The van der Waals surface area contributed by atoms with Crippen LogP contribution in [0.4, 0.5) is 0 Å². The largest absolute Gasteiger partial charge is 0.456 e. The molecule has 0 heterocycles. The van der Waals surface area contributed by atoms with Crippen LogP contribution in [-0.2, 0) is 12.3 Å². The summed E-state index contributed by atoms with van der Waals surface area (Å²) in [6.07, 6.45) is 1.24. The SMILES string of the molecule is CCC[Si](C)(C)O[Si](C)(C)CC[Si](C)(C)O[Si](C)(C)O[Si](C)(C)C. The van der Waals surface area contributed by atoms with Crippen molar-refractivity contribution in [2.75, 3.05) is 0 Å². The Balaban J connectivity index is 4.70. The fraction of sp³-hybridized carbons (Fsp3) is 1.00. The zero-order chi connectivity index (χ0) is 19.4. The summed E-state index contributed by atoms with van der Waals surface area (Å²) in [6.45, 7) is 27.7. The van der Waals surface area contributed by atoms with Crippen LogP contribution in [0.1, 0.15) is 13.3 Å². The highest BCUT2D eigenvalue weighted by Crippen LogP contribution is 2.29. The molecule has 0 N–H and O–H groups in total. The van der Waals surface area contributed by atoms with E-state index in [0.29, 0.717) is 0 Å². The van der Waals surface area contributed by atoms with Gasteiger partial charge in [0.05, 0.1) is 0 Å². The Labute approximate surface area is 157 Å².